The molecule has 0 saturated carbocycles. The van der Waals surface area contributed by atoms with Crippen molar-refractivity contribution in [3.05, 3.63) is 65.2 Å². The molecule has 1 N–H and O–H groups in total. The third-order valence-corrected chi connectivity index (χ3v) is 4.52. The lowest BCUT2D eigenvalue weighted by molar-refractivity contribution is 0.0943. The number of rotatable bonds is 6. The van der Waals surface area contributed by atoms with E-state index in [1.165, 1.54) is 5.56 Å². The van der Waals surface area contributed by atoms with Crippen molar-refractivity contribution in [3.63, 3.8) is 0 Å². The molecule has 0 fully saturated rings. The molecule has 0 spiro atoms. The molecule has 0 bridgehead atoms. The van der Waals surface area contributed by atoms with Crippen molar-refractivity contribution in [2.75, 3.05) is 6.54 Å². The highest BCUT2D eigenvalue weighted by Crippen LogP contribution is 2.24. The van der Waals surface area contributed by atoms with Crippen LogP contribution in [0.15, 0.2) is 53.9 Å². The van der Waals surface area contributed by atoms with Gasteiger partial charge in [-0.05, 0) is 36.4 Å². The number of carbonyl (C=O) groups excluding carboxylic acids is 1. The number of benzene rings is 1. The summed E-state index contributed by atoms with van der Waals surface area (Å²) in [5.74, 6) is -0.0712. The molecule has 0 aliphatic heterocycles. The Bertz CT molecular complexity index is 763. The first-order valence-electron chi connectivity index (χ1n) is 7.71. The number of thiophene rings is 1. The van der Waals surface area contributed by atoms with Gasteiger partial charge < -0.3 is 5.32 Å². The number of nitrogens with one attached hydrogen (secondary N) is 1. The van der Waals surface area contributed by atoms with Crippen molar-refractivity contribution in [3.8, 4) is 10.6 Å². The van der Waals surface area contributed by atoms with E-state index in [2.05, 4.69) is 22.5 Å². The molecule has 23 heavy (non-hydrogen) atoms. The van der Waals surface area contributed by atoms with E-state index < -0.39 is 0 Å². The third-order valence-electron chi connectivity index (χ3n) is 3.63. The number of aromatic nitrogens is 2. The maximum Gasteiger partial charge on any atom is 0.269 e. The van der Waals surface area contributed by atoms with Gasteiger partial charge in [-0.2, -0.15) is 5.10 Å². The number of hydrogen-bond donors (Lipinski definition) is 1. The van der Waals surface area contributed by atoms with E-state index in [4.69, 9.17) is 0 Å². The van der Waals surface area contributed by atoms with Crippen LogP contribution in [0.3, 0.4) is 0 Å². The van der Waals surface area contributed by atoms with Gasteiger partial charge in [-0.3, -0.25) is 9.48 Å². The van der Waals surface area contributed by atoms with E-state index in [1.54, 1.807) is 16.0 Å². The maximum atomic E-state index is 12.4. The summed E-state index contributed by atoms with van der Waals surface area (Å²) < 4.78 is 1.76. The smallest absolute Gasteiger partial charge is 0.269 e. The molecule has 0 saturated heterocycles. The van der Waals surface area contributed by atoms with E-state index in [1.807, 2.05) is 48.7 Å². The van der Waals surface area contributed by atoms with Gasteiger partial charge in [0.15, 0.2) is 0 Å². The van der Waals surface area contributed by atoms with E-state index in [0.29, 0.717) is 18.8 Å². The zero-order valence-corrected chi connectivity index (χ0v) is 13.8. The summed E-state index contributed by atoms with van der Waals surface area (Å²) in [5.41, 5.74) is 2.69. The lowest BCUT2D eigenvalue weighted by atomic mass is 10.1. The Labute approximate surface area is 139 Å². The Morgan fingerprint density at radius 3 is 2.74 bits per heavy atom. The first kappa shape index (κ1) is 15.5. The average Bonchev–Trinajstić information content (AvgIpc) is 3.25. The molecule has 2 aromatic heterocycles. The van der Waals surface area contributed by atoms with Crippen LogP contribution in [0.25, 0.3) is 10.6 Å². The lowest BCUT2D eigenvalue weighted by Gasteiger charge is -2.06. The normalized spacial score (nSPS) is 10.7. The van der Waals surface area contributed by atoms with Crippen molar-refractivity contribution in [1.29, 1.82) is 0 Å². The largest absolute Gasteiger partial charge is 0.350 e. The summed E-state index contributed by atoms with van der Waals surface area (Å²) >= 11 is 1.63. The molecule has 4 nitrogen and oxygen atoms in total. The predicted octanol–water partition coefficient (Wildman–Crippen LogP) is 3.60. The van der Waals surface area contributed by atoms with Gasteiger partial charge in [0.05, 0.1) is 4.88 Å². The zero-order chi connectivity index (χ0) is 16.1. The number of aryl methyl sites for hydroxylation is 1. The quantitative estimate of drug-likeness (QED) is 0.752. The van der Waals surface area contributed by atoms with Crippen LogP contribution in [0.1, 0.15) is 23.0 Å². The predicted molar refractivity (Wildman–Crippen MR) is 93.7 cm³/mol. The first-order valence-corrected chi connectivity index (χ1v) is 8.59. The van der Waals surface area contributed by atoms with Gasteiger partial charge in [-0.1, -0.05) is 36.4 Å². The second-order valence-electron chi connectivity index (χ2n) is 5.20. The summed E-state index contributed by atoms with van der Waals surface area (Å²) in [5, 5.41) is 9.52. The number of carbonyl (C=O) groups is 1. The minimum absolute atomic E-state index is 0.0712. The van der Waals surface area contributed by atoms with Crippen molar-refractivity contribution in [1.82, 2.24) is 15.1 Å². The second-order valence-corrected chi connectivity index (χ2v) is 6.15. The molecule has 0 atom stereocenters. The fraction of sp³-hybridized carbons (Fsp3) is 0.222. The second kappa shape index (κ2) is 7.24. The molecule has 118 valence electrons. The Morgan fingerprint density at radius 1 is 1.22 bits per heavy atom. The van der Waals surface area contributed by atoms with Crippen molar-refractivity contribution >= 4 is 17.2 Å². The highest BCUT2D eigenvalue weighted by Gasteiger charge is 2.15. The van der Waals surface area contributed by atoms with Crippen LogP contribution in [0.4, 0.5) is 0 Å². The fourth-order valence-corrected chi connectivity index (χ4v) is 3.12. The van der Waals surface area contributed by atoms with E-state index >= 15 is 0 Å². The van der Waals surface area contributed by atoms with Gasteiger partial charge in [0.2, 0.25) is 0 Å². The van der Waals surface area contributed by atoms with Crippen LogP contribution >= 0.6 is 11.3 Å². The van der Waals surface area contributed by atoms with Gasteiger partial charge >= 0.3 is 0 Å². The molecule has 0 radical (unpaired) electrons. The van der Waals surface area contributed by atoms with Crippen molar-refractivity contribution in [2.24, 2.45) is 0 Å². The Morgan fingerprint density at radius 2 is 2.04 bits per heavy atom. The summed E-state index contributed by atoms with van der Waals surface area (Å²) in [6.07, 6.45) is 0.824. The van der Waals surface area contributed by atoms with Gasteiger partial charge in [-0.25, -0.2) is 0 Å². The minimum Gasteiger partial charge on any atom is -0.350 e. The molecule has 0 unspecified atom stereocenters. The summed E-state index contributed by atoms with van der Waals surface area (Å²) in [7, 11) is 0. The highest BCUT2D eigenvalue weighted by molar-refractivity contribution is 7.13. The van der Waals surface area contributed by atoms with Crippen LogP contribution in [0, 0.1) is 0 Å². The van der Waals surface area contributed by atoms with Gasteiger partial charge in [-0.15, -0.1) is 11.3 Å². The number of hydrogen-bond acceptors (Lipinski definition) is 3. The van der Waals surface area contributed by atoms with Crippen molar-refractivity contribution in [2.45, 2.75) is 19.9 Å². The molecular weight excluding hydrogens is 306 g/mol. The van der Waals surface area contributed by atoms with E-state index in [-0.39, 0.29) is 5.91 Å². The van der Waals surface area contributed by atoms with Crippen LogP contribution in [-0.2, 0) is 13.0 Å². The zero-order valence-electron chi connectivity index (χ0n) is 13.0. The van der Waals surface area contributed by atoms with Gasteiger partial charge in [0.1, 0.15) is 11.4 Å². The van der Waals surface area contributed by atoms with Crippen LogP contribution < -0.4 is 5.32 Å². The van der Waals surface area contributed by atoms with E-state index in [9.17, 15) is 4.79 Å². The van der Waals surface area contributed by atoms with Crippen LogP contribution in [-0.4, -0.2) is 22.2 Å². The molecule has 3 aromatic rings. The minimum atomic E-state index is -0.0712. The first-order chi connectivity index (χ1) is 11.3. The number of amides is 1. The molecule has 1 aromatic carbocycles. The monoisotopic (exact) mass is 325 g/mol. The Balaban J connectivity index is 1.67. The molecule has 3 rings (SSSR count). The molecule has 0 aliphatic carbocycles. The van der Waals surface area contributed by atoms with Gasteiger partial charge in [0, 0.05) is 13.1 Å². The molecular formula is C18H19N3OS. The van der Waals surface area contributed by atoms with Crippen molar-refractivity contribution < 1.29 is 4.79 Å². The molecule has 0 aliphatic rings. The maximum absolute atomic E-state index is 12.4. The highest BCUT2D eigenvalue weighted by atomic mass is 32.1. The summed E-state index contributed by atoms with van der Waals surface area (Å²) in [6, 6.07) is 16.0. The average molecular weight is 325 g/mol. The fourth-order valence-electron chi connectivity index (χ4n) is 2.44. The molecule has 1 amide bonds. The summed E-state index contributed by atoms with van der Waals surface area (Å²) in [6.45, 7) is 3.28. The van der Waals surface area contributed by atoms with Crippen LogP contribution in [0.5, 0.6) is 0 Å². The molecule has 2 heterocycles. The Kier molecular flexibility index (Phi) is 4.88. The van der Waals surface area contributed by atoms with Crippen LogP contribution in [0.2, 0.25) is 0 Å². The standard InChI is InChI=1S/C18H19N3OS/c1-2-21-16(13-15(20-21)17-9-6-12-23-17)18(22)19-11-10-14-7-4-3-5-8-14/h3-9,12-13H,2,10-11H2,1H3,(H,19,22). The molecule has 5 heteroatoms. The lowest BCUT2D eigenvalue weighted by Crippen LogP contribution is -2.28. The number of nitrogens with zero attached hydrogens (tertiary/aromatic N) is 2. The SMILES string of the molecule is CCn1nc(-c2cccs2)cc1C(=O)NCCc1ccccc1. The summed E-state index contributed by atoms with van der Waals surface area (Å²) in [4.78, 5) is 13.5. The topological polar surface area (TPSA) is 46.9 Å². The van der Waals surface area contributed by atoms with Gasteiger partial charge in [0.25, 0.3) is 5.91 Å². The van der Waals surface area contributed by atoms with E-state index in [0.717, 1.165) is 17.0 Å². The Hall–Kier alpha value is -2.40. The third kappa shape index (κ3) is 3.68.